The third kappa shape index (κ3) is 26.5. The summed E-state index contributed by atoms with van der Waals surface area (Å²) >= 11 is 0. The highest BCUT2D eigenvalue weighted by Gasteiger charge is 2.37. The van der Waals surface area contributed by atoms with Crippen LogP contribution in [-0.4, -0.2) is 204 Å². The molecule has 0 spiro atoms. The maximum Gasteiger partial charge on any atom is 0.134 e. The maximum absolute atomic E-state index is 12.0. The highest BCUT2D eigenvalue weighted by molar-refractivity contribution is 5.50. The first-order valence-electron chi connectivity index (χ1n) is 33.6. The second-order valence-electron chi connectivity index (χ2n) is 25.0. The molecule has 0 heterocycles. The standard InChI is InChI=1S/C66H120N12O12/c1-77(2)33-31-71-61(79)51-40-53(59(89-37-17-9-13-29-69)43-57(51)87-35-15-7-11-27-67)65(83)75-47-23-19-45(20-24-47)73-63(81)49-39-50(56(86-6)42-55(49)85-5)64(82)74-46-21-25-48(26-22-46)76-66(84)54-41-52(62(80)72-32-34-78(3)4)58(88-36-16-8-12-28-68)44-60(54)90-38-18-10-14-30-70/h39-48,53,59,61-66,71-76,79-84H,7-38,67-70H2,1-6H3. The van der Waals surface area contributed by atoms with Gasteiger partial charge in [-0.05, 0) is 201 Å². The van der Waals surface area contributed by atoms with Crippen molar-refractivity contribution < 1.29 is 59.1 Å². The van der Waals surface area contributed by atoms with Crippen LogP contribution in [0, 0.1) is 5.92 Å². The number of aliphatic hydroxyl groups excluding tert-OH is 6. The summed E-state index contributed by atoms with van der Waals surface area (Å²) in [5, 5.41) is 91.0. The summed E-state index contributed by atoms with van der Waals surface area (Å²) < 4.78 is 37.0. The molecule has 0 aromatic heterocycles. The monoisotopic (exact) mass is 1270 g/mol. The van der Waals surface area contributed by atoms with Gasteiger partial charge in [0.25, 0.3) is 0 Å². The Kier molecular flexibility index (Phi) is 36.9. The molecule has 2 fully saturated rings. The summed E-state index contributed by atoms with van der Waals surface area (Å²) in [6, 6.07) is 6.73. The highest BCUT2D eigenvalue weighted by atomic mass is 16.5. The van der Waals surface area contributed by atoms with Crippen molar-refractivity contribution in [2.75, 3.05) is 121 Å². The highest BCUT2D eigenvalue weighted by Crippen LogP contribution is 2.39. The van der Waals surface area contributed by atoms with Crippen molar-refractivity contribution in [1.82, 2.24) is 41.7 Å². The molecule has 0 saturated heterocycles. The van der Waals surface area contributed by atoms with Gasteiger partial charge in [-0.25, -0.2) is 0 Å². The Balaban J connectivity index is 1.21. The Hall–Kier alpha value is -3.84. The van der Waals surface area contributed by atoms with E-state index < -0.39 is 49.4 Å². The third-order valence-electron chi connectivity index (χ3n) is 17.2. The number of nitrogens with zero attached hydrogens (tertiary/aromatic N) is 2. The van der Waals surface area contributed by atoms with Crippen molar-refractivity contribution in [3.63, 3.8) is 0 Å². The number of methoxy groups -OCH3 is 2. The number of nitrogens with two attached hydrogens (primary N) is 4. The fourth-order valence-electron chi connectivity index (χ4n) is 11.9. The first kappa shape index (κ1) is 76.9. The Morgan fingerprint density at radius 2 is 0.800 bits per heavy atom. The molecule has 20 N–H and O–H groups in total. The number of ether oxygens (including phenoxy) is 6. The smallest absolute Gasteiger partial charge is 0.134 e. The molecule has 2 saturated carbocycles. The van der Waals surface area contributed by atoms with Gasteiger partial charge in [-0.3, -0.25) is 31.9 Å². The third-order valence-corrected chi connectivity index (χ3v) is 17.2. The zero-order valence-corrected chi connectivity index (χ0v) is 55.4. The van der Waals surface area contributed by atoms with Crippen molar-refractivity contribution in [1.29, 1.82) is 0 Å². The van der Waals surface area contributed by atoms with Crippen LogP contribution >= 0.6 is 0 Å². The molecule has 8 unspecified atom stereocenters. The molecule has 0 amide bonds. The van der Waals surface area contributed by atoms with E-state index in [-0.39, 0.29) is 24.2 Å². The second kappa shape index (κ2) is 43.2. The van der Waals surface area contributed by atoms with E-state index in [2.05, 4.69) is 31.9 Å². The van der Waals surface area contributed by atoms with Crippen molar-refractivity contribution in [3.8, 4) is 23.0 Å². The van der Waals surface area contributed by atoms with E-state index in [0.717, 1.165) is 83.6 Å². The predicted molar refractivity (Wildman–Crippen MR) is 354 cm³/mol. The van der Waals surface area contributed by atoms with Crippen LogP contribution in [0.15, 0.2) is 47.7 Å². The maximum atomic E-state index is 12.0. The average Bonchev–Trinajstić information content (AvgIpc) is 0.977. The van der Waals surface area contributed by atoms with Gasteiger partial charge in [0.15, 0.2) is 0 Å². The van der Waals surface area contributed by atoms with Crippen molar-refractivity contribution in [2.45, 2.75) is 196 Å². The molecule has 3 aliphatic rings. The number of hydrogen-bond donors (Lipinski definition) is 16. The molecule has 2 aromatic rings. The van der Waals surface area contributed by atoms with Crippen molar-refractivity contribution in [3.05, 3.63) is 70.0 Å². The fraction of sp³-hybridized carbons (Fsp3) is 0.758. The van der Waals surface area contributed by atoms with Crippen molar-refractivity contribution >= 4 is 0 Å². The number of unbranched alkanes of at least 4 members (excludes halogenated alkanes) is 8. The lowest BCUT2D eigenvalue weighted by Gasteiger charge is -2.37. The van der Waals surface area contributed by atoms with Crippen LogP contribution in [0.5, 0.6) is 23.0 Å². The minimum Gasteiger partial charge on any atom is -0.496 e. The van der Waals surface area contributed by atoms with E-state index in [1.165, 1.54) is 14.2 Å². The summed E-state index contributed by atoms with van der Waals surface area (Å²) in [6.45, 7) is 6.75. The summed E-state index contributed by atoms with van der Waals surface area (Å²) in [4.78, 5) is 4.07. The van der Waals surface area contributed by atoms with Gasteiger partial charge in [0.1, 0.15) is 66.1 Å². The molecule has 2 aromatic carbocycles. The molecule has 3 aliphatic carbocycles. The number of likely N-dealkylation sites (N-methyl/N-ethyl adjacent to an activating group) is 2. The molecule has 0 bridgehead atoms. The molecule has 5 rings (SSSR count). The van der Waals surface area contributed by atoms with Gasteiger partial charge in [-0.2, -0.15) is 0 Å². The fourth-order valence-corrected chi connectivity index (χ4v) is 11.9. The Labute approximate surface area is 537 Å². The van der Waals surface area contributed by atoms with Gasteiger partial charge < -0.3 is 91.8 Å². The Bertz CT molecular complexity index is 2330. The van der Waals surface area contributed by atoms with Crippen LogP contribution in [0.2, 0.25) is 0 Å². The van der Waals surface area contributed by atoms with Gasteiger partial charge in [-0.15, -0.1) is 0 Å². The van der Waals surface area contributed by atoms with Gasteiger partial charge >= 0.3 is 0 Å². The number of benzene rings is 2. The van der Waals surface area contributed by atoms with Crippen LogP contribution in [0.3, 0.4) is 0 Å². The number of aliphatic hydroxyl groups is 6. The lowest BCUT2D eigenvalue weighted by molar-refractivity contribution is -0.0191. The molecule has 516 valence electrons. The van der Waals surface area contributed by atoms with Crippen LogP contribution in [0.4, 0.5) is 0 Å². The zero-order valence-electron chi connectivity index (χ0n) is 55.4. The zero-order chi connectivity index (χ0) is 65.2. The van der Waals surface area contributed by atoms with Crippen LogP contribution < -0.4 is 73.8 Å². The van der Waals surface area contributed by atoms with E-state index in [1.54, 1.807) is 24.3 Å². The van der Waals surface area contributed by atoms with E-state index in [1.807, 2.05) is 50.1 Å². The molecule has 24 nitrogen and oxygen atoms in total. The topological polar surface area (TPSA) is 360 Å². The first-order chi connectivity index (χ1) is 43.5. The van der Waals surface area contributed by atoms with Gasteiger partial charge in [0.05, 0.1) is 40.1 Å². The van der Waals surface area contributed by atoms with Gasteiger partial charge in [0.2, 0.25) is 0 Å². The Morgan fingerprint density at radius 3 is 1.21 bits per heavy atom. The van der Waals surface area contributed by atoms with E-state index in [9.17, 15) is 30.6 Å². The Morgan fingerprint density at radius 1 is 0.433 bits per heavy atom. The second-order valence-corrected chi connectivity index (χ2v) is 25.0. The molecule has 0 radical (unpaired) electrons. The van der Waals surface area contributed by atoms with E-state index in [4.69, 9.17) is 51.4 Å². The molecule has 24 heteroatoms. The molecule has 0 aliphatic heterocycles. The first-order valence-corrected chi connectivity index (χ1v) is 33.6. The minimum atomic E-state index is -1.15. The normalized spacial score (nSPS) is 21.8. The van der Waals surface area contributed by atoms with Gasteiger partial charge in [0, 0.05) is 103 Å². The quantitative estimate of drug-likeness (QED) is 0.0333. The van der Waals surface area contributed by atoms with Crippen LogP contribution in [-0.2, 0) is 9.47 Å². The number of nitrogens with one attached hydrogen (secondary N) is 6. The predicted octanol–water partition coefficient (Wildman–Crippen LogP) is 3.40. The summed E-state index contributed by atoms with van der Waals surface area (Å²) in [6.07, 6.45) is 12.9. The summed E-state index contributed by atoms with van der Waals surface area (Å²) in [5.74, 6) is 1.78. The largest absolute Gasteiger partial charge is 0.496 e. The van der Waals surface area contributed by atoms with E-state index >= 15 is 0 Å². The molecular weight excluding hydrogens is 1150 g/mol. The SMILES string of the molecule is COc1cc(OC)c(C(O)NC2CCC(NC(O)C3C=C(C(O)NCCN(C)C)C(OCCCCCN)=CC3OCCCCCN)CC2)cc1C(O)NC1CCC(NC(O)c2cc(C(O)NCCN(C)C)c(OCCCCCN)cc2OCCCCCN)CC1. The number of rotatable bonds is 48. The minimum absolute atomic E-state index is 0.0355. The lowest BCUT2D eigenvalue weighted by Crippen LogP contribution is -2.50. The van der Waals surface area contributed by atoms with Gasteiger partial charge in [-0.1, -0.05) is 6.08 Å². The van der Waals surface area contributed by atoms with Crippen LogP contribution in [0.1, 0.15) is 176 Å². The number of hydrogen-bond acceptors (Lipinski definition) is 24. The molecule has 90 heavy (non-hydrogen) atoms. The summed E-state index contributed by atoms with van der Waals surface area (Å²) in [5.41, 5.74) is 25.5. The summed E-state index contributed by atoms with van der Waals surface area (Å²) in [7, 11) is 11.0. The van der Waals surface area contributed by atoms with Crippen molar-refractivity contribution in [2.24, 2.45) is 28.9 Å². The van der Waals surface area contributed by atoms with E-state index in [0.29, 0.717) is 180 Å². The molecular formula is C66H120N12O12. The lowest BCUT2D eigenvalue weighted by atomic mass is 9.87. The van der Waals surface area contributed by atoms with Crippen LogP contribution in [0.25, 0.3) is 0 Å². The average molecular weight is 1270 g/mol. The molecule has 8 atom stereocenters.